The van der Waals surface area contributed by atoms with Gasteiger partial charge in [-0.3, -0.25) is 4.79 Å². The van der Waals surface area contributed by atoms with Crippen LogP contribution in [0.25, 0.3) is 11.5 Å². The highest BCUT2D eigenvalue weighted by atomic mass is 19.1. The molecule has 140 valence electrons. The van der Waals surface area contributed by atoms with E-state index in [4.69, 9.17) is 4.42 Å². The van der Waals surface area contributed by atoms with Crippen LogP contribution < -0.4 is 5.32 Å². The lowest BCUT2D eigenvalue weighted by Gasteiger charge is -2.10. The van der Waals surface area contributed by atoms with Gasteiger partial charge in [0.1, 0.15) is 12.4 Å². The van der Waals surface area contributed by atoms with E-state index in [1.54, 1.807) is 12.1 Å². The Balaban J connectivity index is 1.45. The summed E-state index contributed by atoms with van der Waals surface area (Å²) in [6.45, 7) is 4.34. The zero-order valence-electron chi connectivity index (χ0n) is 15.3. The van der Waals surface area contributed by atoms with Crippen molar-refractivity contribution in [2.45, 2.75) is 45.7 Å². The second-order valence-corrected chi connectivity index (χ2v) is 7.00. The smallest absolute Gasteiger partial charge is 0.249 e. The zero-order valence-corrected chi connectivity index (χ0v) is 15.3. The molecule has 3 aromatic rings. The van der Waals surface area contributed by atoms with Crippen molar-refractivity contribution in [1.29, 1.82) is 0 Å². The first kappa shape index (κ1) is 17.5. The topological polar surface area (TPSA) is 73.0 Å². The maximum Gasteiger partial charge on any atom is 0.249 e. The van der Waals surface area contributed by atoms with Crippen LogP contribution in [0, 0.1) is 19.7 Å². The predicted octanol–water partition coefficient (Wildman–Crippen LogP) is 3.49. The number of carbonyl (C=O) groups excluding carboxylic acids is 1. The van der Waals surface area contributed by atoms with Gasteiger partial charge in [0.25, 0.3) is 0 Å². The number of halogens is 1. The first-order chi connectivity index (χ1) is 13.0. The van der Waals surface area contributed by atoms with E-state index in [0.29, 0.717) is 17.7 Å². The van der Waals surface area contributed by atoms with E-state index in [1.165, 1.54) is 12.1 Å². The normalized spacial score (nSPS) is 13.7. The predicted molar refractivity (Wildman–Crippen MR) is 97.4 cm³/mol. The van der Waals surface area contributed by atoms with Gasteiger partial charge in [-0.15, -0.1) is 10.2 Å². The van der Waals surface area contributed by atoms with Crippen LogP contribution in [0.1, 0.15) is 41.6 Å². The molecule has 0 bridgehead atoms. The van der Waals surface area contributed by atoms with Gasteiger partial charge in [0.2, 0.25) is 17.7 Å². The molecule has 1 fully saturated rings. The highest BCUT2D eigenvalue weighted by Crippen LogP contribution is 2.40. The molecule has 1 aromatic carbocycles. The molecule has 1 aliphatic carbocycles. The van der Waals surface area contributed by atoms with E-state index >= 15 is 0 Å². The Hall–Kier alpha value is -2.96. The summed E-state index contributed by atoms with van der Waals surface area (Å²) in [7, 11) is 0. The zero-order chi connectivity index (χ0) is 19.0. The highest BCUT2D eigenvalue weighted by molar-refractivity contribution is 5.76. The lowest BCUT2D eigenvalue weighted by molar-refractivity contribution is -0.121. The Morgan fingerprint density at radius 1 is 1.30 bits per heavy atom. The maximum atomic E-state index is 13.2. The van der Waals surface area contributed by atoms with E-state index < -0.39 is 0 Å². The van der Waals surface area contributed by atoms with Crippen LogP contribution in [0.2, 0.25) is 0 Å². The summed E-state index contributed by atoms with van der Waals surface area (Å²) in [6.07, 6.45) is 2.21. The van der Waals surface area contributed by atoms with Crippen LogP contribution in [0.3, 0.4) is 0 Å². The molecule has 27 heavy (non-hydrogen) atoms. The molecule has 1 N–H and O–H groups in total. The molecule has 1 amide bonds. The SMILES string of the molecule is Cc1cc(-c2nnc(C3CC3)o2)c(C)n1CC(=O)NCc1cccc(F)c1. The Kier molecular flexibility index (Phi) is 4.51. The van der Waals surface area contributed by atoms with Gasteiger partial charge in [-0.25, -0.2) is 4.39 Å². The van der Waals surface area contributed by atoms with E-state index in [2.05, 4.69) is 15.5 Å². The van der Waals surface area contributed by atoms with E-state index in [1.807, 2.05) is 24.5 Å². The Bertz CT molecular complexity index is 988. The minimum Gasteiger partial charge on any atom is -0.420 e. The summed E-state index contributed by atoms with van der Waals surface area (Å²) < 4.78 is 20.9. The molecule has 0 spiro atoms. The number of carbonyl (C=O) groups is 1. The monoisotopic (exact) mass is 368 g/mol. The number of aryl methyl sites for hydroxylation is 1. The van der Waals surface area contributed by atoms with Crippen LogP contribution in [-0.4, -0.2) is 20.7 Å². The van der Waals surface area contributed by atoms with Crippen molar-refractivity contribution < 1.29 is 13.6 Å². The van der Waals surface area contributed by atoms with Crippen molar-refractivity contribution >= 4 is 5.91 Å². The second-order valence-electron chi connectivity index (χ2n) is 7.00. The summed E-state index contributed by atoms with van der Waals surface area (Å²) >= 11 is 0. The molecule has 2 heterocycles. The summed E-state index contributed by atoms with van der Waals surface area (Å²) in [6, 6.07) is 8.16. The van der Waals surface area contributed by atoms with Crippen LogP contribution in [0.15, 0.2) is 34.7 Å². The lowest BCUT2D eigenvalue weighted by Crippen LogP contribution is -2.27. The van der Waals surface area contributed by atoms with Crippen LogP contribution in [0.5, 0.6) is 0 Å². The molecule has 0 saturated heterocycles. The number of rotatable bonds is 6. The maximum absolute atomic E-state index is 13.2. The van der Waals surface area contributed by atoms with E-state index in [0.717, 1.165) is 35.4 Å². The van der Waals surface area contributed by atoms with Gasteiger partial charge < -0.3 is 14.3 Å². The minimum atomic E-state index is -0.311. The second kappa shape index (κ2) is 6.98. The molecular formula is C20H21FN4O2. The molecule has 6 nitrogen and oxygen atoms in total. The molecule has 0 unspecified atom stereocenters. The van der Waals surface area contributed by atoms with Crippen LogP contribution >= 0.6 is 0 Å². The third-order valence-electron chi connectivity index (χ3n) is 4.85. The summed E-state index contributed by atoms with van der Waals surface area (Å²) in [4.78, 5) is 12.3. The first-order valence-corrected chi connectivity index (χ1v) is 9.03. The molecule has 0 aliphatic heterocycles. The fourth-order valence-corrected chi connectivity index (χ4v) is 3.15. The molecule has 2 aromatic heterocycles. The summed E-state index contributed by atoms with van der Waals surface area (Å²) in [5.74, 6) is 1.15. The number of hydrogen-bond acceptors (Lipinski definition) is 4. The van der Waals surface area contributed by atoms with Gasteiger partial charge in [0.15, 0.2) is 0 Å². The molecular weight excluding hydrogens is 347 g/mol. The summed E-state index contributed by atoms with van der Waals surface area (Å²) in [5, 5.41) is 11.1. The van der Waals surface area contributed by atoms with Crippen molar-refractivity contribution in [2.75, 3.05) is 0 Å². The van der Waals surface area contributed by atoms with Crippen molar-refractivity contribution in [3.05, 3.63) is 59.0 Å². The quantitative estimate of drug-likeness (QED) is 0.723. The molecule has 1 saturated carbocycles. The number of hydrogen-bond donors (Lipinski definition) is 1. The number of benzene rings is 1. The van der Waals surface area contributed by atoms with Crippen molar-refractivity contribution in [3.63, 3.8) is 0 Å². The van der Waals surface area contributed by atoms with Crippen LogP contribution in [-0.2, 0) is 17.9 Å². The first-order valence-electron chi connectivity index (χ1n) is 9.03. The van der Waals surface area contributed by atoms with Crippen molar-refractivity contribution in [3.8, 4) is 11.5 Å². The standard InChI is InChI=1S/C20H21FN4O2/c1-12-8-17(20-24-23-19(27-20)15-6-7-15)13(2)25(12)11-18(26)22-10-14-4-3-5-16(21)9-14/h3-5,8-9,15H,6-7,10-11H2,1-2H3,(H,22,26). The molecule has 0 atom stereocenters. The lowest BCUT2D eigenvalue weighted by atomic mass is 10.2. The molecule has 1 aliphatic rings. The largest absolute Gasteiger partial charge is 0.420 e. The number of nitrogens with one attached hydrogen (secondary N) is 1. The number of amides is 1. The Morgan fingerprint density at radius 3 is 2.85 bits per heavy atom. The fraction of sp³-hybridized carbons (Fsp3) is 0.350. The van der Waals surface area contributed by atoms with Gasteiger partial charge in [-0.05, 0) is 50.5 Å². The summed E-state index contributed by atoms with van der Waals surface area (Å²) in [5.41, 5.74) is 3.42. The Morgan fingerprint density at radius 2 is 2.11 bits per heavy atom. The average molecular weight is 368 g/mol. The third-order valence-corrected chi connectivity index (χ3v) is 4.85. The number of aromatic nitrogens is 3. The van der Waals surface area contributed by atoms with Gasteiger partial charge in [-0.1, -0.05) is 12.1 Å². The van der Waals surface area contributed by atoms with Crippen molar-refractivity contribution in [1.82, 2.24) is 20.1 Å². The van der Waals surface area contributed by atoms with Gasteiger partial charge >= 0.3 is 0 Å². The van der Waals surface area contributed by atoms with E-state index in [9.17, 15) is 9.18 Å². The van der Waals surface area contributed by atoms with Gasteiger partial charge in [-0.2, -0.15) is 0 Å². The average Bonchev–Trinajstić information content (AvgIpc) is 3.32. The fourth-order valence-electron chi connectivity index (χ4n) is 3.15. The van der Waals surface area contributed by atoms with Crippen molar-refractivity contribution in [2.24, 2.45) is 0 Å². The molecule has 4 rings (SSSR count). The molecule has 0 radical (unpaired) electrons. The van der Waals surface area contributed by atoms with Crippen LogP contribution in [0.4, 0.5) is 4.39 Å². The van der Waals surface area contributed by atoms with Gasteiger partial charge in [0, 0.05) is 23.9 Å². The molecule has 7 heteroatoms. The number of nitrogens with zero attached hydrogens (tertiary/aromatic N) is 3. The Labute approximate surface area is 156 Å². The third kappa shape index (κ3) is 3.77. The highest BCUT2D eigenvalue weighted by Gasteiger charge is 2.30. The minimum absolute atomic E-state index is 0.142. The van der Waals surface area contributed by atoms with Gasteiger partial charge in [0.05, 0.1) is 5.56 Å². The van der Waals surface area contributed by atoms with E-state index in [-0.39, 0.29) is 24.8 Å².